The van der Waals surface area contributed by atoms with Crippen LogP contribution in [0.5, 0.6) is 0 Å². The van der Waals surface area contributed by atoms with Crippen LogP contribution in [0, 0.1) is 13.8 Å². The van der Waals surface area contributed by atoms with Crippen molar-refractivity contribution in [2.45, 2.75) is 51.6 Å². The van der Waals surface area contributed by atoms with Crippen LogP contribution in [0.3, 0.4) is 0 Å². The van der Waals surface area contributed by atoms with Gasteiger partial charge in [-0.2, -0.15) is 4.99 Å². The Morgan fingerprint density at radius 1 is 1.14 bits per heavy atom. The van der Waals surface area contributed by atoms with Crippen LogP contribution < -0.4 is 16.4 Å². The molecule has 0 saturated heterocycles. The average molecular weight is 364 g/mol. The Morgan fingerprint density at radius 3 is 2.50 bits per heavy atom. The number of nitrogens with zero attached hydrogens (tertiary/aromatic N) is 3. The molecule has 2 aliphatic rings. The van der Waals surface area contributed by atoms with Crippen molar-refractivity contribution in [1.82, 2.24) is 0 Å². The van der Waals surface area contributed by atoms with Crippen molar-refractivity contribution in [2.75, 3.05) is 4.90 Å². The fraction of sp³-hybridized carbons (Fsp3) is 0.500. The molecule has 0 radical (unpaired) electrons. The van der Waals surface area contributed by atoms with Gasteiger partial charge in [-0.15, -0.1) is 0 Å². The van der Waals surface area contributed by atoms with E-state index < -0.39 is 0 Å². The zero-order valence-corrected chi connectivity index (χ0v) is 14.7. The molecule has 0 amide bonds. The quantitative estimate of drug-likeness (QED) is 0.803. The van der Waals surface area contributed by atoms with Gasteiger partial charge in [-0.1, -0.05) is 22.4 Å². The number of rotatable bonds is 1. The molecule has 1 aliphatic carbocycles. The van der Waals surface area contributed by atoms with E-state index in [2.05, 4.69) is 51.8 Å². The molecule has 0 atom stereocenters. The molecule has 118 valence electrons. The van der Waals surface area contributed by atoms with Crippen LogP contribution in [-0.2, 0) is 0 Å². The van der Waals surface area contributed by atoms with Gasteiger partial charge in [0.25, 0.3) is 0 Å². The van der Waals surface area contributed by atoms with Crippen molar-refractivity contribution < 1.29 is 0 Å². The van der Waals surface area contributed by atoms with E-state index in [-0.39, 0.29) is 5.66 Å². The first-order chi connectivity index (χ1) is 10.4. The lowest BCUT2D eigenvalue weighted by molar-refractivity contribution is 0.305. The minimum Gasteiger partial charge on any atom is -0.369 e. The smallest absolute Gasteiger partial charge is 0.220 e. The minimum absolute atomic E-state index is 0.292. The highest BCUT2D eigenvalue weighted by atomic mass is 79.9. The van der Waals surface area contributed by atoms with Crippen molar-refractivity contribution in [2.24, 2.45) is 21.5 Å². The van der Waals surface area contributed by atoms with E-state index in [1.807, 2.05) is 0 Å². The number of aliphatic imine (C=N–C) groups is 2. The van der Waals surface area contributed by atoms with Crippen LogP contribution in [-0.4, -0.2) is 17.6 Å². The van der Waals surface area contributed by atoms with Crippen LogP contribution >= 0.6 is 15.9 Å². The Bertz CT molecular complexity index is 659. The summed E-state index contributed by atoms with van der Waals surface area (Å²) >= 11 is 3.64. The predicted molar refractivity (Wildman–Crippen MR) is 95.2 cm³/mol. The molecule has 1 heterocycles. The lowest BCUT2D eigenvalue weighted by Gasteiger charge is -2.46. The number of hydrogen-bond acceptors (Lipinski definition) is 5. The van der Waals surface area contributed by atoms with Gasteiger partial charge in [-0.3, -0.25) is 4.90 Å². The van der Waals surface area contributed by atoms with E-state index >= 15 is 0 Å². The number of aryl methyl sites for hydroxylation is 1. The van der Waals surface area contributed by atoms with E-state index in [0.29, 0.717) is 11.9 Å². The molecule has 0 unspecified atom stereocenters. The maximum atomic E-state index is 6.28. The van der Waals surface area contributed by atoms with Gasteiger partial charge >= 0.3 is 0 Å². The van der Waals surface area contributed by atoms with Crippen molar-refractivity contribution >= 4 is 33.5 Å². The van der Waals surface area contributed by atoms with Crippen LogP contribution in [0.15, 0.2) is 26.6 Å². The Kier molecular flexibility index (Phi) is 3.89. The molecule has 1 aliphatic heterocycles. The van der Waals surface area contributed by atoms with E-state index in [4.69, 9.17) is 16.5 Å². The molecule has 1 fully saturated rings. The van der Waals surface area contributed by atoms with Gasteiger partial charge in [0.1, 0.15) is 5.66 Å². The molecule has 6 heteroatoms. The van der Waals surface area contributed by atoms with Gasteiger partial charge in [-0.05, 0) is 62.8 Å². The summed E-state index contributed by atoms with van der Waals surface area (Å²) in [5, 5.41) is 0. The number of benzene rings is 1. The summed E-state index contributed by atoms with van der Waals surface area (Å²) in [6, 6.07) is 4.26. The number of anilines is 1. The monoisotopic (exact) mass is 363 g/mol. The normalized spacial score (nSPS) is 20.8. The van der Waals surface area contributed by atoms with E-state index in [0.717, 1.165) is 41.4 Å². The lowest BCUT2D eigenvalue weighted by Crippen LogP contribution is -2.58. The van der Waals surface area contributed by atoms with Crippen molar-refractivity contribution in [3.05, 3.63) is 27.7 Å². The van der Waals surface area contributed by atoms with Crippen LogP contribution in [0.25, 0.3) is 0 Å². The molecule has 1 saturated carbocycles. The summed E-state index contributed by atoms with van der Waals surface area (Å²) in [6.07, 6.45) is 5.40. The average Bonchev–Trinajstić information content (AvgIpc) is 2.44. The summed E-state index contributed by atoms with van der Waals surface area (Å²) in [7, 11) is 0. The third kappa shape index (κ3) is 2.49. The maximum absolute atomic E-state index is 6.28. The first kappa shape index (κ1) is 15.3. The predicted octanol–water partition coefficient (Wildman–Crippen LogP) is 3.18. The summed E-state index contributed by atoms with van der Waals surface area (Å²) in [4.78, 5) is 11.0. The molecule has 1 aromatic carbocycles. The molecular weight excluding hydrogens is 342 g/mol. The Hall–Kier alpha value is -1.56. The fourth-order valence-electron chi connectivity index (χ4n) is 3.50. The molecule has 4 N–H and O–H groups in total. The highest BCUT2D eigenvalue weighted by Gasteiger charge is 2.43. The summed E-state index contributed by atoms with van der Waals surface area (Å²) < 4.78 is 1.07. The summed E-state index contributed by atoms with van der Waals surface area (Å²) in [5.41, 5.74) is 15.2. The first-order valence-corrected chi connectivity index (χ1v) is 8.49. The van der Waals surface area contributed by atoms with Gasteiger partial charge in [0.15, 0.2) is 0 Å². The van der Waals surface area contributed by atoms with Crippen molar-refractivity contribution in [3.63, 3.8) is 0 Å². The van der Waals surface area contributed by atoms with Gasteiger partial charge in [0.2, 0.25) is 11.9 Å². The first-order valence-electron chi connectivity index (χ1n) is 7.69. The fourth-order valence-corrected chi connectivity index (χ4v) is 4.06. The van der Waals surface area contributed by atoms with Crippen molar-refractivity contribution in [3.8, 4) is 0 Å². The molecule has 0 aromatic heterocycles. The highest BCUT2D eigenvalue weighted by molar-refractivity contribution is 9.10. The molecule has 5 nitrogen and oxygen atoms in total. The van der Waals surface area contributed by atoms with Crippen LogP contribution in [0.4, 0.5) is 5.69 Å². The Balaban J connectivity index is 2.16. The highest BCUT2D eigenvalue weighted by Crippen LogP contribution is 2.41. The molecule has 1 spiro atoms. The number of nitrogens with two attached hydrogens (primary N) is 2. The van der Waals surface area contributed by atoms with Gasteiger partial charge < -0.3 is 11.5 Å². The molecule has 22 heavy (non-hydrogen) atoms. The van der Waals surface area contributed by atoms with Crippen molar-refractivity contribution in [1.29, 1.82) is 0 Å². The molecular formula is C16H22BrN5. The van der Waals surface area contributed by atoms with E-state index in [1.165, 1.54) is 12.0 Å². The van der Waals surface area contributed by atoms with Crippen LogP contribution in [0.2, 0.25) is 0 Å². The maximum Gasteiger partial charge on any atom is 0.220 e. The minimum atomic E-state index is -0.383. The Morgan fingerprint density at radius 2 is 1.82 bits per heavy atom. The molecule has 1 aromatic rings. The lowest BCUT2D eigenvalue weighted by atomic mass is 9.87. The second kappa shape index (κ2) is 5.57. The van der Waals surface area contributed by atoms with E-state index in [1.54, 1.807) is 0 Å². The number of halogens is 1. The Labute approximate surface area is 139 Å². The summed E-state index contributed by atoms with van der Waals surface area (Å²) in [6.45, 7) is 4.17. The van der Waals surface area contributed by atoms with Gasteiger partial charge in [-0.25, -0.2) is 4.99 Å². The number of hydrogen-bond donors (Lipinski definition) is 2. The summed E-state index contributed by atoms with van der Waals surface area (Å²) in [5.74, 6) is 0.732. The van der Waals surface area contributed by atoms with Crippen LogP contribution in [0.1, 0.15) is 43.2 Å². The largest absolute Gasteiger partial charge is 0.369 e. The molecule has 0 bridgehead atoms. The third-order valence-corrected chi connectivity index (χ3v) is 5.38. The standard InChI is InChI=1S/C16H22BrN5/c1-10-8-12(17)11(2)13(9-10)22-15(19)20-14(18)21-16(22)6-4-3-5-7-16/h8-9H,3-7H2,1-2H3,(H4,18,19,20,21). The zero-order valence-electron chi connectivity index (χ0n) is 13.1. The molecule has 3 rings (SSSR count). The van der Waals surface area contributed by atoms with E-state index in [9.17, 15) is 0 Å². The van der Waals surface area contributed by atoms with Gasteiger partial charge in [0, 0.05) is 4.47 Å². The second-order valence-corrected chi connectivity index (χ2v) is 7.06. The topological polar surface area (TPSA) is 80.0 Å². The SMILES string of the molecule is Cc1cc(Br)c(C)c(N2C(N)=NC(N)=NC23CCCCC3)c1. The number of guanidine groups is 2. The van der Waals surface area contributed by atoms with Gasteiger partial charge in [0.05, 0.1) is 5.69 Å². The second-order valence-electron chi connectivity index (χ2n) is 6.21. The third-order valence-electron chi connectivity index (χ3n) is 4.55. The zero-order chi connectivity index (χ0) is 15.9.